The molecule has 3 aromatic rings. The van der Waals surface area contributed by atoms with E-state index in [1.165, 1.54) is 0 Å². The molecule has 0 spiro atoms. The molecule has 0 radical (unpaired) electrons. The van der Waals surface area contributed by atoms with E-state index in [-0.39, 0.29) is 5.91 Å². The Morgan fingerprint density at radius 1 is 1.10 bits per heavy atom. The number of H-pyrrole nitrogens is 1. The normalized spacial score (nSPS) is 10.6. The van der Waals surface area contributed by atoms with Gasteiger partial charge in [0.25, 0.3) is 5.91 Å². The maximum atomic E-state index is 12.7. The Balaban J connectivity index is 2.02. The van der Waals surface area contributed by atoms with Crippen molar-refractivity contribution in [1.82, 2.24) is 4.98 Å². The van der Waals surface area contributed by atoms with E-state index in [2.05, 4.69) is 4.98 Å². The number of amides is 1. The molecule has 21 heavy (non-hydrogen) atoms. The number of ether oxygens (including phenoxy) is 1. The zero-order valence-electron chi connectivity index (χ0n) is 12.0. The summed E-state index contributed by atoms with van der Waals surface area (Å²) in [7, 11) is 3.35. The third-order valence-corrected chi connectivity index (χ3v) is 3.57. The highest BCUT2D eigenvalue weighted by atomic mass is 16.5. The van der Waals surface area contributed by atoms with Gasteiger partial charge in [0.1, 0.15) is 5.75 Å². The lowest BCUT2D eigenvalue weighted by atomic mass is 10.1. The van der Waals surface area contributed by atoms with Crippen LogP contribution in [0.5, 0.6) is 5.75 Å². The maximum absolute atomic E-state index is 12.7. The Morgan fingerprint density at radius 2 is 1.81 bits per heavy atom. The van der Waals surface area contributed by atoms with Crippen molar-refractivity contribution in [3.8, 4) is 5.75 Å². The van der Waals surface area contributed by atoms with E-state index in [9.17, 15) is 4.79 Å². The number of para-hydroxylation sites is 3. The summed E-state index contributed by atoms with van der Waals surface area (Å²) in [5, 5.41) is 0.921. The largest absolute Gasteiger partial charge is 0.495 e. The van der Waals surface area contributed by atoms with Gasteiger partial charge < -0.3 is 14.6 Å². The molecule has 106 valence electrons. The third kappa shape index (κ3) is 2.25. The lowest BCUT2D eigenvalue weighted by Crippen LogP contribution is -2.26. The summed E-state index contributed by atoms with van der Waals surface area (Å²) in [6, 6.07) is 15.2. The van der Waals surface area contributed by atoms with Crippen molar-refractivity contribution < 1.29 is 9.53 Å². The number of nitrogens with one attached hydrogen (secondary N) is 1. The van der Waals surface area contributed by atoms with Crippen LogP contribution in [0.3, 0.4) is 0 Å². The molecule has 0 atom stereocenters. The number of benzene rings is 2. The van der Waals surface area contributed by atoms with Crippen LogP contribution in [0.15, 0.2) is 54.7 Å². The first-order chi connectivity index (χ1) is 10.2. The Hall–Kier alpha value is -2.75. The molecule has 1 amide bonds. The molecule has 0 unspecified atom stereocenters. The van der Waals surface area contributed by atoms with Crippen molar-refractivity contribution in [3.05, 3.63) is 60.3 Å². The molecule has 4 nitrogen and oxygen atoms in total. The summed E-state index contributed by atoms with van der Waals surface area (Å²) < 4.78 is 5.32. The van der Waals surface area contributed by atoms with Crippen LogP contribution in [0.1, 0.15) is 10.4 Å². The number of hydrogen-bond donors (Lipinski definition) is 1. The first kappa shape index (κ1) is 13.2. The van der Waals surface area contributed by atoms with E-state index >= 15 is 0 Å². The molecule has 1 N–H and O–H groups in total. The number of carbonyl (C=O) groups excluding carboxylic acids is 1. The number of hydrogen-bond acceptors (Lipinski definition) is 2. The fourth-order valence-electron chi connectivity index (χ4n) is 2.45. The highest BCUT2D eigenvalue weighted by Crippen LogP contribution is 2.29. The van der Waals surface area contributed by atoms with Crippen molar-refractivity contribution in [3.63, 3.8) is 0 Å². The number of methoxy groups -OCH3 is 1. The fraction of sp³-hybridized carbons (Fsp3) is 0.118. The zero-order chi connectivity index (χ0) is 14.8. The molecule has 0 saturated heterocycles. The van der Waals surface area contributed by atoms with Crippen molar-refractivity contribution in [2.45, 2.75) is 0 Å². The van der Waals surface area contributed by atoms with Crippen LogP contribution < -0.4 is 9.64 Å². The van der Waals surface area contributed by atoms with Gasteiger partial charge in [-0.2, -0.15) is 0 Å². The van der Waals surface area contributed by atoms with Crippen LogP contribution in [0.25, 0.3) is 10.9 Å². The standard InChI is InChI=1S/C17H16N2O2/c1-19(15-9-5-6-10-16(15)21-2)17(20)13-11-18-14-8-4-3-7-12(13)14/h3-11,18H,1-2H3. The minimum atomic E-state index is -0.0723. The van der Waals surface area contributed by atoms with Crippen LogP contribution in [-0.2, 0) is 0 Å². The summed E-state index contributed by atoms with van der Waals surface area (Å²) in [6.07, 6.45) is 1.75. The molecular weight excluding hydrogens is 264 g/mol. The van der Waals surface area contributed by atoms with Gasteiger partial charge in [-0.1, -0.05) is 30.3 Å². The van der Waals surface area contributed by atoms with Crippen LogP contribution >= 0.6 is 0 Å². The van der Waals surface area contributed by atoms with E-state index in [4.69, 9.17) is 4.74 Å². The fourth-order valence-corrected chi connectivity index (χ4v) is 2.45. The monoisotopic (exact) mass is 280 g/mol. The zero-order valence-corrected chi connectivity index (χ0v) is 12.0. The molecule has 0 bridgehead atoms. The summed E-state index contributed by atoms with van der Waals surface area (Å²) >= 11 is 0. The minimum absolute atomic E-state index is 0.0723. The summed E-state index contributed by atoms with van der Waals surface area (Å²) in [6.45, 7) is 0. The van der Waals surface area contributed by atoms with Crippen LogP contribution in [0.4, 0.5) is 5.69 Å². The second kappa shape index (κ2) is 5.32. The number of anilines is 1. The predicted octanol–water partition coefficient (Wildman–Crippen LogP) is 3.45. The second-order valence-corrected chi connectivity index (χ2v) is 4.78. The van der Waals surface area contributed by atoms with Crippen LogP contribution in [0, 0.1) is 0 Å². The van der Waals surface area contributed by atoms with E-state index in [0.29, 0.717) is 11.3 Å². The van der Waals surface area contributed by atoms with Gasteiger partial charge in [-0.05, 0) is 18.2 Å². The number of aromatic nitrogens is 1. The number of fused-ring (bicyclic) bond motifs is 1. The van der Waals surface area contributed by atoms with E-state index < -0.39 is 0 Å². The molecule has 4 heteroatoms. The predicted molar refractivity (Wildman–Crippen MR) is 84.0 cm³/mol. The van der Waals surface area contributed by atoms with Gasteiger partial charge in [0.05, 0.1) is 18.4 Å². The SMILES string of the molecule is COc1ccccc1N(C)C(=O)c1c[nH]c2ccccc12. The number of rotatable bonds is 3. The van der Waals surface area contributed by atoms with Crippen molar-refractivity contribution >= 4 is 22.5 Å². The maximum Gasteiger partial charge on any atom is 0.260 e. The topological polar surface area (TPSA) is 45.3 Å². The van der Waals surface area contributed by atoms with Gasteiger partial charge in [0.15, 0.2) is 0 Å². The Labute approximate surface area is 123 Å². The van der Waals surface area contributed by atoms with Crippen molar-refractivity contribution in [1.29, 1.82) is 0 Å². The summed E-state index contributed by atoms with van der Waals surface area (Å²) in [5.74, 6) is 0.602. The molecule has 3 rings (SSSR count). The molecular formula is C17H16N2O2. The highest BCUT2D eigenvalue weighted by Gasteiger charge is 2.19. The van der Waals surface area contributed by atoms with E-state index in [1.54, 1.807) is 25.3 Å². The Kier molecular flexibility index (Phi) is 3.36. The first-order valence-corrected chi connectivity index (χ1v) is 6.69. The number of aromatic amines is 1. The lowest BCUT2D eigenvalue weighted by Gasteiger charge is -2.19. The molecule has 2 aromatic carbocycles. The summed E-state index contributed by atoms with van der Waals surface area (Å²) in [4.78, 5) is 17.5. The number of carbonyl (C=O) groups is 1. The second-order valence-electron chi connectivity index (χ2n) is 4.78. The average molecular weight is 280 g/mol. The van der Waals surface area contributed by atoms with Gasteiger partial charge in [0, 0.05) is 24.1 Å². The lowest BCUT2D eigenvalue weighted by molar-refractivity contribution is 0.0994. The highest BCUT2D eigenvalue weighted by molar-refractivity contribution is 6.14. The summed E-state index contributed by atoms with van der Waals surface area (Å²) in [5.41, 5.74) is 2.35. The first-order valence-electron chi connectivity index (χ1n) is 6.69. The molecule has 1 aromatic heterocycles. The smallest absolute Gasteiger partial charge is 0.260 e. The van der Waals surface area contributed by atoms with Gasteiger partial charge >= 0.3 is 0 Å². The third-order valence-electron chi connectivity index (χ3n) is 3.57. The molecule has 0 aliphatic heterocycles. The Morgan fingerprint density at radius 3 is 2.62 bits per heavy atom. The molecule has 0 saturated carbocycles. The van der Waals surface area contributed by atoms with Gasteiger partial charge in [-0.3, -0.25) is 4.79 Å². The average Bonchev–Trinajstić information content (AvgIpc) is 2.97. The molecule has 0 aliphatic rings. The van der Waals surface area contributed by atoms with Crippen molar-refractivity contribution in [2.75, 3.05) is 19.1 Å². The van der Waals surface area contributed by atoms with Gasteiger partial charge in [0.2, 0.25) is 0 Å². The van der Waals surface area contributed by atoms with E-state index in [0.717, 1.165) is 16.6 Å². The Bertz CT molecular complexity index is 792. The van der Waals surface area contributed by atoms with Gasteiger partial charge in [-0.25, -0.2) is 0 Å². The number of nitrogens with zero attached hydrogens (tertiary/aromatic N) is 1. The molecule has 1 heterocycles. The van der Waals surface area contributed by atoms with Crippen molar-refractivity contribution in [2.24, 2.45) is 0 Å². The van der Waals surface area contributed by atoms with Gasteiger partial charge in [-0.15, -0.1) is 0 Å². The van der Waals surface area contributed by atoms with E-state index in [1.807, 2.05) is 48.5 Å². The van der Waals surface area contributed by atoms with Crippen LogP contribution in [-0.4, -0.2) is 25.0 Å². The minimum Gasteiger partial charge on any atom is -0.495 e. The van der Waals surface area contributed by atoms with Crippen LogP contribution in [0.2, 0.25) is 0 Å². The quantitative estimate of drug-likeness (QED) is 0.798. The molecule has 0 aliphatic carbocycles. The molecule has 0 fully saturated rings.